The molecule has 1 aromatic carbocycles. The number of hydrogen-bond donors (Lipinski definition) is 5. The summed E-state index contributed by atoms with van der Waals surface area (Å²) in [6.45, 7) is 4.01. The summed E-state index contributed by atoms with van der Waals surface area (Å²) < 4.78 is 0. The summed E-state index contributed by atoms with van der Waals surface area (Å²) in [5.74, 6) is -1.94. The maximum Gasteiger partial charge on any atom is 0.246 e. The van der Waals surface area contributed by atoms with Crippen LogP contribution in [0.1, 0.15) is 69.4 Å². The first-order valence-electron chi connectivity index (χ1n) is 15.6. The van der Waals surface area contributed by atoms with Crippen LogP contribution in [0.25, 0.3) is 0 Å². The SMILES string of the molecule is Cc1ccc(C[C@H](NC(=O)[C@@H](C)NC(=O)[C@@H]2CCCN2C(=O)[C@@H]2C[C@@H]3CCCC[C@@H]3N2C(=O)CCN=C(N)N)C(N)=O)cc1. The quantitative estimate of drug-likeness (QED) is 0.169. The molecule has 0 aromatic heterocycles. The van der Waals surface area contributed by atoms with Crippen molar-refractivity contribution in [2.75, 3.05) is 13.1 Å². The maximum atomic E-state index is 14.0. The number of aryl methyl sites for hydroxylation is 1. The molecule has 3 aliphatic rings. The molecule has 44 heavy (non-hydrogen) atoms. The molecule has 6 atom stereocenters. The van der Waals surface area contributed by atoms with Gasteiger partial charge in [0.2, 0.25) is 29.5 Å². The van der Waals surface area contributed by atoms with Crippen LogP contribution in [0.15, 0.2) is 29.3 Å². The van der Waals surface area contributed by atoms with Crippen LogP contribution in [0, 0.1) is 12.8 Å². The first-order valence-corrected chi connectivity index (χ1v) is 15.6. The van der Waals surface area contributed by atoms with Gasteiger partial charge in [0.15, 0.2) is 5.96 Å². The van der Waals surface area contributed by atoms with Gasteiger partial charge in [0.25, 0.3) is 0 Å². The first kappa shape index (κ1) is 32.7. The number of nitrogens with zero attached hydrogens (tertiary/aromatic N) is 3. The zero-order valence-corrected chi connectivity index (χ0v) is 25.7. The Morgan fingerprint density at radius 2 is 1.66 bits per heavy atom. The third kappa shape index (κ3) is 7.86. The number of nitrogens with two attached hydrogens (primary N) is 3. The van der Waals surface area contributed by atoms with Crippen LogP contribution in [-0.4, -0.2) is 88.6 Å². The monoisotopic (exact) mass is 610 g/mol. The molecule has 2 saturated heterocycles. The standard InChI is InChI=1S/C31H46N8O5/c1-18-9-11-20(12-10-18)16-22(27(32)41)37-28(42)19(2)36-29(43)24-8-5-15-38(24)30(44)25-17-21-6-3-4-7-23(21)39(25)26(40)13-14-35-31(33)34/h9-12,19,21-25H,3-8,13-17H2,1-2H3,(H2,32,41)(H,36,43)(H,37,42)(H4,33,34,35)/t19-,21+,22+,23+,24+,25+/m1/s1. The fraction of sp³-hybridized carbons (Fsp3) is 0.613. The van der Waals surface area contributed by atoms with Crippen molar-refractivity contribution in [3.05, 3.63) is 35.4 Å². The number of carbonyl (C=O) groups excluding carboxylic acids is 5. The Morgan fingerprint density at radius 1 is 0.955 bits per heavy atom. The number of carbonyl (C=O) groups is 5. The van der Waals surface area contributed by atoms with Crippen molar-refractivity contribution in [2.45, 2.75) is 102 Å². The van der Waals surface area contributed by atoms with Crippen LogP contribution in [0.4, 0.5) is 0 Å². The summed E-state index contributed by atoms with van der Waals surface area (Å²) in [5.41, 5.74) is 18.3. The lowest BCUT2D eigenvalue weighted by Gasteiger charge is -2.35. The zero-order chi connectivity index (χ0) is 32.0. The van der Waals surface area contributed by atoms with Gasteiger partial charge in [-0.1, -0.05) is 42.7 Å². The highest BCUT2D eigenvalue weighted by atomic mass is 16.2. The van der Waals surface area contributed by atoms with E-state index in [0.717, 1.165) is 36.8 Å². The predicted octanol–water partition coefficient (Wildman–Crippen LogP) is -0.173. The van der Waals surface area contributed by atoms with E-state index in [9.17, 15) is 24.0 Å². The van der Waals surface area contributed by atoms with E-state index in [-0.39, 0.29) is 49.1 Å². The lowest BCUT2D eigenvalue weighted by Crippen LogP contribution is -2.57. The van der Waals surface area contributed by atoms with Crippen molar-refractivity contribution < 1.29 is 24.0 Å². The minimum atomic E-state index is -0.970. The average molecular weight is 611 g/mol. The Kier molecular flexibility index (Phi) is 10.8. The second kappa shape index (κ2) is 14.5. The highest BCUT2D eigenvalue weighted by molar-refractivity contribution is 5.96. The van der Waals surface area contributed by atoms with Gasteiger partial charge in [0.05, 0.1) is 6.54 Å². The smallest absolute Gasteiger partial charge is 0.246 e. The first-order chi connectivity index (χ1) is 21.0. The maximum absolute atomic E-state index is 14.0. The van der Waals surface area contributed by atoms with Crippen molar-refractivity contribution >= 4 is 35.5 Å². The Bertz CT molecular complexity index is 1260. The van der Waals surface area contributed by atoms with Gasteiger partial charge in [-0.2, -0.15) is 0 Å². The molecule has 0 spiro atoms. The van der Waals surface area contributed by atoms with Gasteiger partial charge < -0.3 is 37.6 Å². The molecule has 8 N–H and O–H groups in total. The summed E-state index contributed by atoms with van der Waals surface area (Å²) in [7, 11) is 0. The van der Waals surface area contributed by atoms with Crippen LogP contribution < -0.4 is 27.8 Å². The van der Waals surface area contributed by atoms with E-state index in [0.29, 0.717) is 25.8 Å². The molecule has 5 amide bonds. The summed E-state index contributed by atoms with van der Waals surface area (Å²) in [6, 6.07) is 4.21. The fourth-order valence-corrected chi connectivity index (χ4v) is 6.80. The number of fused-ring (bicyclic) bond motifs is 1. The molecule has 4 rings (SSSR count). The molecule has 0 unspecified atom stereocenters. The zero-order valence-electron chi connectivity index (χ0n) is 25.7. The van der Waals surface area contributed by atoms with Gasteiger partial charge in [-0.25, -0.2) is 0 Å². The van der Waals surface area contributed by atoms with Gasteiger partial charge in [-0.3, -0.25) is 29.0 Å². The summed E-state index contributed by atoms with van der Waals surface area (Å²) in [6.07, 6.45) is 5.81. The third-order valence-corrected chi connectivity index (χ3v) is 9.09. The Balaban J connectivity index is 1.39. The molecule has 1 saturated carbocycles. The Morgan fingerprint density at radius 3 is 2.34 bits per heavy atom. The summed E-state index contributed by atoms with van der Waals surface area (Å²) >= 11 is 0. The number of nitrogens with one attached hydrogen (secondary N) is 2. The van der Waals surface area contributed by atoms with Crippen molar-refractivity contribution in [3.8, 4) is 0 Å². The normalized spacial score (nSPS) is 24.1. The molecular formula is C31H46N8O5. The molecule has 13 heteroatoms. The van der Waals surface area contributed by atoms with Crippen LogP contribution >= 0.6 is 0 Å². The fourth-order valence-electron chi connectivity index (χ4n) is 6.80. The molecule has 3 fully saturated rings. The van der Waals surface area contributed by atoms with Crippen molar-refractivity contribution in [2.24, 2.45) is 28.1 Å². The van der Waals surface area contributed by atoms with Crippen LogP contribution in [-0.2, 0) is 30.4 Å². The third-order valence-electron chi connectivity index (χ3n) is 9.09. The minimum Gasteiger partial charge on any atom is -0.370 e. The second-order valence-electron chi connectivity index (χ2n) is 12.3. The molecule has 1 aromatic rings. The highest BCUT2D eigenvalue weighted by Gasteiger charge is 2.50. The molecule has 2 heterocycles. The van der Waals surface area contributed by atoms with Gasteiger partial charge in [0, 0.05) is 25.4 Å². The van der Waals surface area contributed by atoms with Crippen molar-refractivity contribution in [3.63, 3.8) is 0 Å². The summed E-state index contributed by atoms with van der Waals surface area (Å²) in [4.78, 5) is 73.1. The molecular weight excluding hydrogens is 564 g/mol. The van der Waals surface area contributed by atoms with E-state index in [1.54, 1.807) is 9.80 Å². The predicted molar refractivity (Wildman–Crippen MR) is 165 cm³/mol. The van der Waals surface area contributed by atoms with E-state index < -0.39 is 41.9 Å². The van der Waals surface area contributed by atoms with Gasteiger partial charge >= 0.3 is 0 Å². The second-order valence-corrected chi connectivity index (χ2v) is 12.3. The van der Waals surface area contributed by atoms with Crippen LogP contribution in [0.5, 0.6) is 0 Å². The number of guanidine groups is 1. The molecule has 0 radical (unpaired) electrons. The van der Waals surface area contributed by atoms with E-state index in [4.69, 9.17) is 17.2 Å². The van der Waals surface area contributed by atoms with Gasteiger partial charge in [-0.05, 0) is 57.4 Å². The summed E-state index contributed by atoms with van der Waals surface area (Å²) in [5, 5.41) is 5.37. The number of likely N-dealkylation sites (tertiary alicyclic amines) is 2. The molecule has 1 aliphatic carbocycles. The lowest BCUT2D eigenvalue weighted by atomic mass is 9.84. The van der Waals surface area contributed by atoms with E-state index >= 15 is 0 Å². The van der Waals surface area contributed by atoms with Gasteiger partial charge in [0.1, 0.15) is 24.2 Å². The van der Waals surface area contributed by atoms with E-state index in [2.05, 4.69) is 15.6 Å². The number of rotatable bonds is 11. The number of aliphatic imine (C=N–C) groups is 1. The van der Waals surface area contributed by atoms with E-state index in [1.807, 2.05) is 31.2 Å². The largest absolute Gasteiger partial charge is 0.370 e. The Labute approximate surface area is 258 Å². The average Bonchev–Trinajstić information content (AvgIpc) is 3.63. The molecule has 2 aliphatic heterocycles. The van der Waals surface area contributed by atoms with Crippen LogP contribution in [0.3, 0.4) is 0 Å². The van der Waals surface area contributed by atoms with E-state index in [1.165, 1.54) is 6.92 Å². The molecule has 13 nitrogen and oxygen atoms in total. The van der Waals surface area contributed by atoms with Gasteiger partial charge in [-0.15, -0.1) is 0 Å². The molecule has 240 valence electrons. The number of hydrogen-bond acceptors (Lipinski definition) is 6. The highest BCUT2D eigenvalue weighted by Crippen LogP contribution is 2.41. The number of benzene rings is 1. The topological polar surface area (TPSA) is 206 Å². The number of amides is 5. The van der Waals surface area contributed by atoms with Crippen LogP contribution in [0.2, 0.25) is 0 Å². The Hall–Kier alpha value is -4.16. The van der Waals surface area contributed by atoms with Crippen molar-refractivity contribution in [1.29, 1.82) is 0 Å². The number of primary amides is 1. The molecule has 0 bridgehead atoms. The lowest BCUT2D eigenvalue weighted by molar-refractivity contribution is -0.148. The minimum absolute atomic E-state index is 0.0129. The van der Waals surface area contributed by atoms with Crippen molar-refractivity contribution in [1.82, 2.24) is 20.4 Å².